The molecular weight excluding hydrogens is 326 g/mol. The average molecular weight is 353 g/mol. The van der Waals surface area contributed by atoms with Gasteiger partial charge in [0.05, 0.1) is 11.0 Å². The van der Waals surface area contributed by atoms with Gasteiger partial charge in [-0.3, -0.25) is 13.9 Å². The van der Waals surface area contributed by atoms with Crippen LogP contribution in [0, 0.1) is 23.2 Å². The summed E-state index contributed by atoms with van der Waals surface area (Å²) in [6.07, 6.45) is 7.28. The maximum atomic E-state index is 13.0. The largest absolute Gasteiger partial charge is 0.354 e. The zero-order chi connectivity index (χ0) is 17.9. The van der Waals surface area contributed by atoms with Crippen molar-refractivity contribution < 1.29 is 4.79 Å². The lowest BCUT2D eigenvalue weighted by Gasteiger charge is -2.55. The second kappa shape index (κ2) is 5.73. The molecule has 4 aliphatic rings. The quantitative estimate of drug-likeness (QED) is 0.919. The minimum Gasteiger partial charge on any atom is -0.354 e. The summed E-state index contributed by atoms with van der Waals surface area (Å²) >= 11 is 0. The highest BCUT2D eigenvalue weighted by Crippen LogP contribution is 2.60. The maximum Gasteiger partial charge on any atom is 0.328 e. The molecule has 4 saturated carbocycles. The summed E-state index contributed by atoms with van der Waals surface area (Å²) in [6, 6.07) is 7.83. The van der Waals surface area contributed by atoms with Gasteiger partial charge in [0.1, 0.15) is 0 Å². The number of imidazole rings is 1. The molecule has 1 aromatic heterocycles. The van der Waals surface area contributed by atoms with Gasteiger partial charge in [0.2, 0.25) is 5.91 Å². The number of nitrogens with zero attached hydrogens (tertiary/aromatic N) is 2. The minimum atomic E-state index is -0.113. The van der Waals surface area contributed by atoms with Crippen molar-refractivity contribution in [2.75, 3.05) is 6.54 Å². The molecule has 0 spiro atoms. The van der Waals surface area contributed by atoms with Crippen LogP contribution < -0.4 is 11.0 Å². The number of rotatable bonds is 4. The molecular formula is C21H27N3O2. The number of carbonyl (C=O) groups is 1. The summed E-state index contributed by atoms with van der Waals surface area (Å²) in [5, 5.41) is 3.18. The third kappa shape index (κ3) is 2.36. The molecule has 6 rings (SSSR count). The number of hydrogen-bond acceptors (Lipinski definition) is 2. The second-order valence-corrected chi connectivity index (χ2v) is 8.94. The SMILES string of the molecule is Cn1c(=O)n(CCNC(=O)C23CC4CC(CC(C4)C2)C3)c2ccccc21. The van der Waals surface area contributed by atoms with Crippen LogP contribution in [0.3, 0.4) is 0 Å². The Hall–Kier alpha value is -2.04. The Kier molecular flexibility index (Phi) is 3.56. The van der Waals surface area contributed by atoms with Crippen molar-refractivity contribution in [1.82, 2.24) is 14.5 Å². The Morgan fingerprint density at radius 2 is 1.65 bits per heavy atom. The molecule has 0 aliphatic heterocycles. The molecule has 5 heteroatoms. The van der Waals surface area contributed by atoms with E-state index in [-0.39, 0.29) is 17.0 Å². The number of benzene rings is 1. The fourth-order valence-corrected chi connectivity index (χ4v) is 6.44. The molecule has 4 bridgehead atoms. The molecule has 5 nitrogen and oxygen atoms in total. The normalized spacial score (nSPS) is 32.3. The molecule has 1 aromatic carbocycles. The Balaban J connectivity index is 1.30. The number of fused-ring (bicyclic) bond motifs is 1. The van der Waals surface area contributed by atoms with Gasteiger partial charge >= 0.3 is 5.69 Å². The van der Waals surface area contributed by atoms with Gasteiger partial charge in [-0.1, -0.05) is 12.1 Å². The molecule has 26 heavy (non-hydrogen) atoms. The van der Waals surface area contributed by atoms with Gasteiger partial charge in [-0.15, -0.1) is 0 Å². The van der Waals surface area contributed by atoms with Crippen molar-refractivity contribution in [3.63, 3.8) is 0 Å². The number of aromatic nitrogens is 2. The zero-order valence-electron chi connectivity index (χ0n) is 15.4. The van der Waals surface area contributed by atoms with Crippen molar-refractivity contribution in [3.8, 4) is 0 Å². The predicted molar refractivity (Wildman–Crippen MR) is 101 cm³/mol. The van der Waals surface area contributed by atoms with E-state index in [4.69, 9.17) is 0 Å². The highest BCUT2D eigenvalue weighted by atomic mass is 16.2. The second-order valence-electron chi connectivity index (χ2n) is 8.94. The molecule has 1 N–H and O–H groups in total. The van der Waals surface area contributed by atoms with Gasteiger partial charge in [-0.25, -0.2) is 4.79 Å². The number of amides is 1. The molecule has 0 unspecified atom stereocenters. The Bertz CT molecular complexity index is 888. The number of nitrogens with one attached hydrogen (secondary N) is 1. The molecule has 0 saturated heterocycles. The average Bonchev–Trinajstić information content (AvgIpc) is 2.86. The van der Waals surface area contributed by atoms with Gasteiger partial charge in [-0.2, -0.15) is 0 Å². The lowest BCUT2D eigenvalue weighted by atomic mass is 9.49. The summed E-state index contributed by atoms with van der Waals surface area (Å²) in [6.45, 7) is 1.05. The monoisotopic (exact) mass is 353 g/mol. The van der Waals surface area contributed by atoms with Gasteiger partial charge in [0, 0.05) is 25.6 Å². The first kappa shape index (κ1) is 16.2. The van der Waals surface area contributed by atoms with Crippen LogP contribution in [-0.2, 0) is 18.4 Å². The van der Waals surface area contributed by atoms with Crippen LogP contribution in [0.5, 0.6) is 0 Å². The van der Waals surface area contributed by atoms with E-state index >= 15 is 0 Å². The van der Waals surface area contributed by atoms with Gasteiger partial charge in [0.15, 0.2) is 0 Å². The summed E-state index contributed by atoms with van der Waals surface area (Å²) in [7, 11) is 1.80. The highest BCUT2D eigenvalue weighted by Gasteiger charge is 2.54. The van der Waals surface area contributed by atoms with Gasteiger partial charge < -0.3 is 5.32 Å². The summed E-state index contributed by atoms with van der Waals surface area (Å²) in [4.78, 5) is 25.5. The lowest BCUT2D eigenvalue weighted by molar-refractivity contribution is -0.146. The first-order valence-electron chi connectivity index (χ1n) is 9.98. The molecule has 1 amide bonds. The first-order chi connectivity index (χ1) is 12.6. The van der Waals surface area contributed by atoms with Crippen molar-refractivity contribution in [2.24, 2.45) is 30.2 Å². The van der Waals surface area contributed by atoms with Gasteiger partial charge in [0.25, 0.3) is 0 Å². The summed E-state index contributed by atoms with van der Waals surface area (Å²) in [5.74, 6) is 2.55. The molecule has 138 valence electrons. The van der Waals surface area contributed by atoms with Crippen molar-refractivity contribution in [1.29, 1.82) is 0 Å². The van der Waals surface area contributed by atoms with Gasteiger partial charge in [-0.05, 0) is 68.4 Å². The van der Waals surface area contributed by atoms with Crippen molar-refractivity contribution >= 4 is 16.9 Å². The Morgan fingerprint density at radius 1 is 1.08 bits per heavy atom. The van der Waals surface area contributed by atoms with E-state index in [2.05, 4.69) is 5.32 Å². The van der Waals surface area contributed by atoms with Crippen LogP contribution in [0.1, 0.15) is 38.5 Å². The number of hydrogen-bond donors (Lipinski definition) is 1. The molecule has 4 fully saturated rings. The van der Waals surface area contributed by atoms with Crippen molar-refractivity contribution in [3.05, 3.63) is 34.7 Å². The van der Waals surface area contributed by atoms with E-state index < -0.39 is 0 Å². The zero-order valence-corrected chi connectivity index (χ0v) is 15.4. The number of para-hydroxylation sites is 2. The van der Waals surface area contributed by atoms with Crippen LogP contribution in [0.15, 0.2) is 29.1 Å². The fraction of sp³-hybridized carbons (Fsp3) is 0.619. The third-order valence-corrected chi connectivity index (χ3v) is 7.19. The maximum absolute atomic E-state index is 13.0. The molecule has 0 atom stereocenters. The minimum absolute atomic E-state index is 0.0183. The Morgan fingerprint density at radius 3 is 2.27 bits per heavy atom. The summed E-state index contributed by atoms with van der Waals surface area (Å²) in [5.41, 5.74) is 1.74. The molecule has 0 radical (unpaired) electrons. The topological polar surface area (TPSA) is 56.0 Å². The van der Waals surface area contributed by atoms with E-state index in [1.807, 2.05) is 24.3 Å². The van der Waals surface area contributed by atoms with Crippen LogP contribution >= 0.6 is 0 Å². The lowest BCUT2D eigenvalue weighted by Crippen LogP contribution is -2.54. The van der Waals surface area contributed by atoms with E-state index in [1.165, 1.54) is 19.3 Å². The van der Waals surface area contributed by atoms with E-state index in [1.54, 1.807) is 16.2 Å². The number of carbonyl (C=O) groups excluding carboxylic acids is 1. The van der Waals surface area contributed by atoms with Crippen LogP contribution in [-0.4, -0.2) is 21.6 Å². The van der Waals surface area contributed by atoms with Crippen LogP contribution in [0.2, 0.25) is 0 Å². The molecule has 1 heterocycles. The molecule has 4 aliphatic carbocycles. The summed E-state index contributed by atoms with van der Waals surface area (Å²) < 4.78 is 3.45. The van der Waals surface area contributed by atoms with Crippen LogP contribution in [0.25, 0.3) is 11.0 Å². The first-order valence-corrected chi connectivity index (χ1v) is 9.98. The van der Waals surface area contributed by atoms with Crippen LogP contribution in [0.4, 0.5) is 0 Å². The third-order valence-electron chi connectivity index (χ3n) is 7.19. The number of aryl methyl sites for hydroxylation is 1. The Labute approximate surface area is 153 Å². The fourth-order valence-electron chi connectivity index (χ4n) is 6.44. The van der Waals surface area contributed by atoms with Crippen molar-refractivity contribution in [2.45, 2.75) is 45.1 Å². The van der Waals surface area contributed by atoms with E-state index in [9.17, 15) is 9.59 Å². The highest BCUT2D eigenvalue weighted by molar-refractivity contribution is 5.83. The smallest absolute Gasteiger partial charge is 0.328 e. The van der Waals surface area contributed by atoms with E-state index in [0.29, 0.717) is 13.1 Å². The molecule has 2 aromatic rings. The van der Waals surface area contributed by atoms with E-state index in [0.717, 1.165) is 48.0 Å². The predicted octanol–water partition coefficient (Wildman–Crippen LogP) is 2.67. The standard InChI is InChI=1S/C21H27N3O2/c1-23-17-4-2-3-5-18(17)24(20(23)26)7-6-22-19(25)21-11-14-8-15(12-21)10-16(9-14)13-21/h2-5,14-16H,6-13H2,1H3,(H,22,25).